The monoisotopic (exact) mass is 266 g/mol. The van der Waals surface area contributed by atoms with E-state index < -0.39 is 0 Å². The quantitative estimate of drug-likeness (QED) is 0.428. The molecule has 0 radical (unpaired) electrons. The van der Waals surface area contributed by atoms with Crippen LogP contribution in [0.3, 0.4) is 0 Å². The summed E-state index contributed by atoms with van der Waals surface area (Å²) in [4.78, 5) is 0. The van der Waals surface area contributed by atoms with Gasteiger partial charge >= 0.3 is 0 Å². The molecule has 1 rings (SSSR count). The predicted molar refractivity (Wildman–Crippen MR) is 74.8 cm³/mol. The number of hydrogen-bond acceptors (Lipinski definition) is 4. The molecule has 106 valence electrons. The molecule has 3 N–H and O–H groups in total. The van der Waals surface area contributed by atoms with Gasteiger partial charge in [0.15, 0.2) is 0 Å². The lowest BCUT2D eigenvalue weighted by molar-refractivity contribution is 0.0143. The Kier molecular flexibility index (Phi) is 6.32. The summed E-state index contributed by atoms with van der Waals surface area (Å²) in [7, 11) is 1.56. The van der Waals surface area contributed by atoms with Crippen LogP contribution in [0.5, 0.6) is 5.75 Å². The molecule has 0 aliphatic carbocycles. The minimum absolute atomic E-state index is 0.0122. The van der Waals surface area contributed by atoms with Crippen LogP contribution in [0.4, 0.5) is 0 Å². The van der Waals surface area contributed by atoms with E-state index in [1.54, 1.807) is 13.2 Å². The van der Waals surface area contributed by atoms with E-state index in [0.29, 0.717) is 31.1 Å². The van der Waals surface area contributed by atoms with Crippen molar-refractivity contribution in [2.45, 2.75) is 26.6 Å². The van der Waals surface area contributed by atoms with Gasteiger partial charge in [0.25, 0.3) is 0 Å². The van der Waals surface area contributed by atoms with Crippen LogP contribution in [-0.4, -0.2) is 32.3 Å². The Bertz CT molecular complexity index is 419. The Morgan fingerprint density at radius 2 is 2.05 bits per heavy atom. The molecule has 0 aromatic heterocycles. The van der Waals surface area contributed by atoms with Gasteiger partial charge in [0.05, 0.1) is 38.6 Å². The zero-order valence-electron chi connectivity index (χ0n) is 11.7. The Labute approximate surface area is 114 Å². The van der Waals surface area contributed by atoms with Crippen molar-refractivity contribution in [3.8, 4) is 5.75 Å². The second kappa shape index (κ2) is 7.76. The average molecular weight is 266 g/mol. The van der Waals surface area contributed by atoms with Crippen molar-refractivity contribution in [3.63, 3.8) is 0 Å². The molecule has 0 saturated heterocycles. The van der Waals surface area contributed by atoms with Crippen molar-refractivity contribution in [1.82, 2.24) is 0 Å². The number of benzene rings is 1. The molecule has 0 bridgehead atoms. The van der Waals surface area contributed by atoms with Crippen LogP contribution < -0.4 is 10.5 Å². The molecule has 0 fully saturated rings. The molecular formula is C14H22N2O3. The molecule has 0 aliphatic rings. The Morgan fingerprint density at radius 1 is 1.32 bits per heavy atom. The third-order valence-corrected chi connectivity index (χ3v) is 2.50. The van der Waals surface area contributed by atoms with Crippen LogP contribution in [0.1, 0.15) is 25.0 Å². The van der Waals surface area contributed by atoms with E-state index in [1.165, 1.54) is 0 Å². The van der Waals surface area contributed by atoms with Crippen LogP contribution in [0.2, 0.25) is 0 Å². The first-order chi connectivity index (χ1) is 9.04. The molecule has 0 amide bonds. The number of ether oxygens (including phenoxy) is 3. The van der Waals surface area contributed by atoms with Crippen molar-refractivity contribution in [2.75, 3.05) is 20.3 Å². The molecule has 1 aromatic carbocycles. The lowest BCUT2D eigenvalue weighted by Gasteiger charge is -2.11. The Morgan fingerprint density at radius 3 is 2.63 bits per heavy atom. The number of nitrogen functional groups attached to an aromatic ring is 1. The fourth-order valence-corrected chi connectivity index (χ4v) is 1.59. The molecule has 0 aliphatic heterocycles. The second-order valence-corrected chi connectivity index (χ2v) is 4.42. The summed E-state index contributed by atoms with van der Waals surface area (Å²) in [5.74, 6) is 0.584. The third kappa shape index (κ3) is 5.28. The Hall–Kier alpha value is -1.59. The highest BCUT2D eigenvalue weighted by Gasteiger charge is 2.07. The highest BCUT2D eigenvalue weighted by molar-refractivity contribution is 5.97. The number of hydrogen-bond donors (Lipinski definition) is 2. The fraction of sp³-hybridized carbons (Fsp3) is 0.500. The van der Waals surface area contributed by atoms with Gasteiger partial charge in [0, 0.05) is 0 Å². The van der Waals surface area contributed by atoms with Gasteiger partial charge in [-0.05, 0) is 31.5 Å². The molecule has 1 aromatic rings. The average Bonchev–Trinajstić information content (AvgIpc) is 2.37. The SMILES string of the molecule is COc1ccc(COCCOC(C)C)cc1C(=N)N. The van der Waals surface area contributed by atoms with Gasteiger partial charge in [-0.3, -0.25) is 5.41 Å². The number of nitrogens with two attached hydrogens (primary N) is 1. The minimum atomic E-state index is -0.0122. The number of nitrogens with one attached hydrogen (secondary N) is 1. The van der Waals surface area contributed by atoms with E-state index in [4.69, 9.17) is 25.4 Å². The normalized spacial score (nSPS) is 10.7. The van der Waals surface area contributed by atoms with Crippen LogP contribution in [0.25, 0.3) is 0 Å². The third-order valence-electron chi connectivity index (χ3n) is 2.50. The van der Waals surface area contributed by atoms with Gasteiger partial charge in [0.2, 0.25) is 0 Å². The van der Waals surface area contributed by atoms with Gasteiger partial charge in [-0.25, -0.2) is 0 Å². The van der Waals surface area contributed by atoms with Gasteiger partial charge in [0.1, 0.15) is 11.6 Å². The van der Waals surface area contributed by atoms with E-state index in [-0.39, 0.29) is 11.9 Å². The first kappa shape index (κ1) is 15.5. The van der Waals surface area contributed by atoms with Gasteiger partial charge in [-0.15, -0.1) is 0 Å². The van der Waals surface area contributed by atoms with Crippen LogP contribution in [0, 0.1) is 5.41 Å². The van der Waals surface area contributed by atoms with Crippen molar-refractivity contribution < 1.29 is 14.2 Å². The van der Waals surface area contributed by atoms with Crippen LogP contribution in [-0.2, 0) is 16.1 Å². The molecule has 0 heterocycles. The summed E-state index contributed by atoms with van der Waals surface area (Å²) < 4.78 is 16.0. The summed E-state index contributed by atoms with van der Waals surface area (Å²) in [6.07, 6.45) is 0.217. The zero-order valence-corrected chi connectivity index (χ0v) is 11.7. The standard InChI is InChI=1S/C14H22N2O3/c1-10(2)19-7-6-18-9-11-4-5-13(17-3)12(8-11)14(15)16/h4-5,8,10H,6-7,9H2,1-3H3,(H3,15,16). The van der Waals surface area contributed by atoms with Crippen molar-refractivity contribution in [1.29, 1.82) is 5.41 Å². The predicted octanol–water partition coefficient (Wildman–Crippen LogP) is 1.92. The molecule has 5 nitrogen and oxygen atoms in total. The molecule has 0 atom stereocenters. The lowest BCUT2D eigenvalue weighted by atomic mass is 10.1. The maximum atomic E-state index is 7.50. The van der Waals surface area contributed by atoms with E-state index in [1.807, 2.05) is 26.0 Å². The summed E-state index contributed by atoms with van der Waals surface area (Å²) >= 11 is 0. The highest BCUT2D eigenvalue weighted by Crippen LogP contribution is 2.19. The maximum absolute atomic E-state index is 7.50. The van der Waals surface area contributed by atoms with E-state index in [9.17, 15) is 0 Å². The van der Waals surface area contributed by atoms with E-state index >= 15 is 0 Å². The molecule has 0 saturated carbocycles. The van der Waals surface area contributed by atoms with Crippen molar-refractivity contribution in [2.24, 2.45) is 5.73 Å². The Balaban J connectivity index is 2.50. The number of amidine groups is 1. The highest BCUT2D eigenvalue weighted by atomic mass is 16.5. The summed E-state index contributed by atoms with van der Waals surface area (Å²) in [5.41, 5.74) is 7.05. The number of rotatable bonds is 8. The first-order valence-corrected chi connectivity index (χ1v) is 6.25. The molecular weight excluding hydrogens is 244 g/mol. The van der Waals surface area contributed by atoms with Gasteiger partial charge in [-0.1, -0.05) is 6.07 Å². The molecule has 5 heteroatoms. The van der Waals surface area contributed by atoms with Gasteiger partial charge < -0.3 is 19.9 Å². The molecule has 0 unspecified atom stereocenters. The van der Waals surface area contributed by atoms with E-state index in [0.717, 1.165) is 5.56 Å². The zero-order chi connectivity index (χ0) is 14.3. The largest absolute Gasteiger partial charge is 0.496 e. The lowest BCUT2D eigenvalue weighted by Crippen LogP contribution is -2.13. The maximum Gasteiger partial charge on any atom is 0.129 e. The fourth-order valence-electron chi connectivity index (χ4n) is 1.59. The smallest absolute Gasteiger partial charge is 0.129 e. The van der Waals surface area contributed by atoms with Crippen molar-refractivity contribution in [3.05, 3.63) is 29.3 Å². The van der Waals surface area contributed by atoms with Gasteiger partial charge in [-0.2, -0.15) is 0 Å². The van der Waals surface area contributed by atoms with Crippen LogP contribution in [0.15, 0.2) is 18.2 Å². The summed E-state index contributed by atoms with van der Waals surface area (Å²) in [6.45, 7) is 5.56. The second-order valence-electron chi connectivity index (χ2n) is 4.42. The van der Waals surface area contributed by atoms with E-state index in [2.05, 4.69) is 0 Å². The summed E-state index contributed by atoms with van der Waals surface area (Å²) in [6, 6.07) is 5.50. The van der Waals surface area contributed by atoms with Crippen LogP contribution >= 0.6 is 0 Å². The summed E-state index contributed by atoms with van der Waals surface area (Å²) in [5, 5.41) is 7.50. The molecule has 0 spiro atoms. The minimum Gasteiger partial charge on any atom is -0.496 e. The molecule has 19 heavy (non-hydrogen) atoms. The number of methoxy groups -OCH3 is 1. The first-order valence-electron chi connectivity index (χ1n) is 6.25. The topological polar surface area (TPSA) is 77.6 Å². The van der Waals surface area contributed by atoms with Crippen molar-refractivity contribution >= 4 is 5.84 Å².